The second kappa shape index (κ2) is 8.77. The molecule has 0 unspecified atom stereocenters. The lowest BCUT2D eigenvalue weighted by atomic mass is 10.2. The monoisotopic (exact) mass is 420 g/mol. The molecule has 0 atom stereocenters. The summed E-state index contributed by atoms with van der Waals surface area (Å²) in [6.07, 6.45) is 0. The van der Waals surface area contributed by atoms with Crippen molar-refractivity contribution in [1.82, 2.24) is 4.57 Å². The minimum absolute atomic E-state index is 0.376. The number of benzene rings is 2. The topological polar surface area (TPSA) is 62.1 Å². The number of hydrogen-bond acceptors (Lipinski definition) is 5. The third-order valence-electron chi connectivity index (χ3n) is 4.34. The number of aromatic nitrogens is 1. The highest BCUT2D eigenvalue weighted by atomic mass is 35.5. The van der Waals surface area contributed by atoms with E-state index in [0.29, 0.717) is 40.0 Å². The fourth-order valence-corrected chi connectivity index (χ4v) is 4.14. The summed E-state index contributed by atoms with van der Waals surface area (Å²) in [6, 6.07) is 8.79. The van der Waals surface area contributed by atoms with Gasteiger partial charge in [-0.05, 0) is 36.8 Å². The van der Waals surface area contributed by atoms with Crippen molar-refractivity contribution in [1.29, 1.82) is 0 Å². The summed E-state index contributed by atoms with van der Waals surface area (Å²) in [6.45, 7) is 3.01. The zero-order valence-electron chi connectivity index (χ0n) is 16.1. The van der Waals surface area contributed by atoms with E-state index in [0.717, 1.165) is 15.8 Å². The molecule has 28 heavy (non-hydrogen) atoms. The molecule has 0 spiro atoms. The van der Waals surface area contributed by atoms with Crippen LogP contribution in [0.15, 0.2) is 35.3 Å². The van der Waals surface area contributed by atoms with Gasteiger partial charge in [0.25, 0.3) is 5.91 Å². The standard InChI is InChI=1S/C20H21ClN2O4S/c1-12-16(21)5-6-17-18(12)23(7-8-25-2)20(28-17)22-19(24)13-9-14(26-3)11-15(10-13)27-4/h5-6,9-11H,7-8H2,1-4H3. The first-order chi connectivity index (χ1) is 13.5. The van der Waals surface area contributed by atoms with Gasteiger partial charge in [-0.15, -0.1) is 0 Å². The molecule has 0 saturated heterocycles. The fraction of sp³-hybridized carbons (Fsp3) is 0.300. The van der Waals surface area contributed by atoms with Crippen molar-refractivity contribution in [2.45, 2.75) is 13.5 Å². The van der Waals surface area contributed by atoms with E-state index in [4.69, 9.17) is 25.8 Å². The minimum atomic E-state index is -0.376. The van der Waals surface area contributed by atoms with Gasteiger partial charge >= 0.3 is 0 Å². The number of amides is 1. The summed E-state index contributed by atoms with van der Waals surface area (Å²) in [4.78, 5) is 17.8. The van der Waals surface area contributed by atoms with E-state index in [1.165, 1.54) is 25.6 Å². The summed E-state index contributed by atoms with van der Waals surface area (Å²) in [5.41, 5.74) is 2.30. The van der Waals surface area contributed by atoms with Crippen molar-refractivity contribution < 1.29 is 19.0 Å². The largest absolute Gasteiger partial charge is 0.497 e. The van der Waals surface area contributed by atoms with E-state index in [9.17, 15) is 4.79 Å². The van der Waals surface area contributed by atoms with Crippen LogP contribution in [0, 0.1) is 6.92 Å². The molecule has 3 rings (SSSR count). The lowest BCUT2D eigenvalue weighted by Gasteiger charge is -2.08. The van der Waals surface area contributed by atoms with Gasteiger partial charge in [0, 0.05) is 30.3 Å². The Bertz CT molecular complexity index is 1070. The van der Waals surface area contributed by atoms with Crippen LogP contribution < -0.4 is 14.3 Å². The molecular formula is C20H21ClN2O4S. The van der Waals surface area contributed by atoms with Gasteiger partial charge in [0.05, 0.1) is 31.0 Å². The van der Waals surface area contributed by atoms with Gasteiger partial charge in [-0.2, -0.15) is 4.99 Å². The van der Waals surface area contributed by atoms with Gasteiger partial charge in [-0.25, -0.2) is 0 Å². The number of halogens is 1. The van der Waals surface area contributed by atoms with Crippen molar-refractivity contribution in [2.75, 3.05) is 27.9 Å². The van der Waals surface area contributed by atoms with Crippen LogP contribution in [0.5, 0.6) is 11.5 Å². The van der Waals surface area contributed by atoms with Crippen LogP contribution in [0.25, 0.3) is 10.2 Å². The lowest BCUT2D eigenvalue weighted by Crippen LogP contribution is -2.19. The van der Waals surface area contributed by atoms with E-state index in [2.05, 4.69) is 4.99 Å². The molecule has 148 valence electrons. The number of carbonyl (C=O) groups is 1. The number of rotatable bonds is 6. The quantitative estimate of drug-likeness (QED) is 0.603. The van der Waals surface area contributed by atoms with Crippen LogP contribution in [-0.4, -0.2) is 38.4 Å². The summed E-state index contributed by atoms with van der Waals surface area (Å²) in [5, 5.41) is 0.673. The molecule has 0 bridgehead atoms. The van der Waals surface area contributed by atoms with Gasteiger partial charge in [-0.1, -0.05) is 22.9 Å². The first-order valence-electron chi connectivity index (χ1n) is 8.58. The average Bonchev–Trinajstić information content (AvgIpc) is 3.06. The van der Waals surface area contributed by atoms with Crippen molar-refractivity contribution in [3.63, 3.8) is 0 Å². The Hall–Kier alpha value is -2.35. The fourth-order valence-electron chi connectivity index (χ4n) is 2.87. The maximum absolute atomic E-state index is 12.9. The number of ether oxygens (including phenoxy) is 3. The van der Waals surface area contributed by atoms with Crippen LogP contribution in [0.4, 0.5) is 0 Å². The van der Waals surface area contributed by atoms with Crippen molar-refractivity contribution in [3.8, 4) is 11.5 Å². The maximum Gasteiger partial charge on any atom is 0.279 e. The second-order valence-corrected chi connectivity index (χ2v) is 7.48. The van der Waals surface area contributed by atoms with Crippen molar-refractivity contribution in [2.24, 2.45) is 4.99 Å². The Kier molecular flexibility index (Phi) is 6.39. The molecule has 1 aromatic heterocycles. The van der Waals surface area contributed by atoms with Crippen LogP contribution in [-0.2, 0) is 11.3 Å². The molecule has 0 aliphatic heterocycles. The van der Waals surface area contributed by atoms with Gasteiger partial charge < -0.3 is 18.8 Å². The van der Waals surface area contributed by atoms with Gasteiger partial charge in [0.1, 0.15) is 11.5 Å². The van der Waals surface area contributed by atoms with Crippen molar-refractivity contribution >= 4 is 39.1 Å². The highest BCUT2D eigenvalue weighted by Crippen LogP contribution is 2.27. The van der Waals surface area contributed by atoms with Crippen LogP contribution in [0.2, 0.25) is 5.02 Å². The molecule has 1 heterocycles. The summed E-state index contributed by atoms with van der Waals surface area (Å²) in [7, 11) is 4.72. The van der Waals surface area contributed by atoms with Crippen LogP contribution in [0.3, 0.4) is 0 Å². The van der Waals surface area contributed by atoms with E-state index >= 15 is 0 Å². The molecule has 0 aliphatic carbocycles. The number of aryl methyl sites for hydroxylation is 1. The smallest absolute Gasteiger partial charge is 0.279 e. The Labute approximate surface area is 171 Å². The predicted octanol–water partition coefficient (Wildman–Crippen LogP) is 4.07. The third kappa shape index (κ3) is 4.06. The Balaban J connectivity index is 2.15. The average molecular weight is 421 g/mol. The lowest BCUT2D eigenvalue weighted by molar-refractivity contribution is 0.0996. The molecule has 3 aromatic rings. The molecule has 6 nitrogen and oxygen atoms in total. The zero-order valence-corrected chi connectivity index (χ0v) is 17.7. The summed E-state index contributed by atoms with van der Waals surface area (Å²) in [5.74, 6) is 0.687. The van der Waals surface area contributed by atoms with E-state index in [1.54, 1.807) is 25.3 Å². The van der Waals surface area contributed by atoms with E-state index in [-0.39, 0.29) is 5.91 Å². The number of methoxy groups -OCH3 is 3. The normalized spacial score (nSPS) is 11.8. The second-order valence-electron chi connectivity index (χ2n) is 6.07. The number of thiazole rings is 1. The molecule has 0 N–H and O–H groups in total. The first kappa shape index (κ1) is 20.4. The van der Waals surface area contributed by atoms with Crippen molar-refractivity contribution in [3.05, 3.63) is 51.3 Å². The Morgan fingerprint density at radius 3 is 2.43 bits per heavy atom. The zero-order chi connectivity index (χ0) is 20.3. The van der Waals surface area contributed by atoms with Gasteiger partial charge in [-0.3, -0.25) is 4.79 Å². The molecule has 0 radical (unpaired) electrons. The molecule has 0 aliphatic rings. The van der Waals surface area contributed by atoms with Crippen LogP contribution >= 0.6 is 22.9 Å². The minimum Gasteiger partial charge on any atom is -0.497 e. The predicted molar refractivity (Wildman–Crippen MR) is 111 cm³/mol. The number of hydrogen-bond donors (Lipinski definition) is 0. The molecule has 0 saturated carbocycles. The van der Waals surface area contributed by atoms with E-state index < -0.39 is 0 Å². The van der Waals surface area contributed by atoms with Gasteiger partial charge in [0.15, 0.2) is 4.80 Å². The highest BCUT2D eigenvalue weighted by Gasteiger charge is 2.14. The molecular weight excluding hydrogens is 400 g/mol. The molecule has 8 heteroatoms. The van der Waals surface area contributed by atoms with E-state index in [1.807, 2.05) is 23.6 Å². The number of nitrogens with zero attached hydrogens (tertiary/aromatic N) is 2. The Morgan fingerprint density at radius 2 is 1.82 bits per heavy atom. The summed E-state index contributed by atoms with van der Waals surface area (Å²) >= 11 is 7.74. The maximum atomic E-state index is 12.9. The number of carbonyl (C=O) groups excluding carboxylic acids is 1. The molecule has 2 aromatic carbocycles. The first-order valence-corrected chi connectivity index (χ1v) is 9.77. The van der Waals surface area contributed by atoms with Crippen LogP contribution in [0.1, 0.15) is 15.9 Å². The Morgan fingerprint density at radius 1 is 1.14 bits per heavy atom. The highest BCUT2D eigenvalue weighted by molar-refractivity contribution is 7.16. The van der Waals surface area contributed by atoms with Gasteiger partial charge in [0.2, 0.25) is 0 Å². The SMILES string of the molecule is COCCn1c(=NC(=O)c2cc(OC)cc(OC)c2)sc2ccc(Cl)c(C)c21. The third-order valence-corrected chi connectivity index (χ3v) is 5.80. The summed E-state index contributed by atoms with van der Waals surface area (Å²) < 4.78 is 18.7. The molecule has 1 amide bonds. The molecule has 0 fully saturated rings. The number of fused-ring (bicyclic) bond motifs is 1.